The first kappa shape index (κ1) is 16.8. The normalized spacial score (nSPS) is 13.6. The van der Waals surface area contributed by atoms with E-state index in [1.54, 1.807) is 30.3 Å². The van der Waals surface area contributed by atoms with E-state index in [0.717, 1.165) is 6.26 Å². The number of nitrogens with one attached hydrogen (secondary N) is 1. The number of ether oxygens (including phenoxy) is 2. The predicted octanol–water partition coefficient (Wildman–Crippen LogP) is 2.72. The second-order valence-electron chi connectivity index (χ2n) is 5.73. The fourth-order valence-corrected chi connectivity index (χ4v) is 4.16. The maximum absolute atomic E-state index is 12.5. The van der Waals surface area contributed by atoms with Crippen molar-refractivity contribution in [3.05, 3.63) is 42.0 Å². The summed E-state index contributed by atoms with van der Waals surface area (Å²) >= 11 is 1.22. The van der Waals surface area contributed by atoms with E-state index in [1.807, 2.05) is 0 Å². The lowest BCUT2D eigenvalue weighted by Crippen LogP contribution is -2.17. The number of benzene rings is 2. The summed E-state index contributed by atoms with van der Waals surface area (Å²) < 4.78 is 34.9. The van der Waals surface area contributed by atoms with Crippen molar-refractivity contribution in [2.75, 3.05) is 24.8 Å². The first-order chi connectivity index (χ1) is 12.4. The number of amides is 1. The fraction of sp³-hybridized carbons (Fsp3) is 0.176. The zero-order valence-electron chi connectivity index (χ0n) is 13.7. The Kier molecular flexibility index (Phi) is 4.04. The Morgan fingerprint density at radius 1 is 1.12 bits per heavy atom. The molecule has 0 saturated heterocycles. The molecule has 7 nitrogen and oxygen atoms in total. The van der Waals surface area contributed by atoms with Crippen LogP contribution < -0.4 is 14.8 Å². The van der Waals surface area contributed by atoms with Gasteiger partial charge in [0.1, 0.15) is 13.2 Å². The SMILES string of the molecule is CS(=O)(=O)c1ccc2nc(NC(=O)c3ccc4c(c3)OCCO4)sc2c1. The van der Waals surface area contributed by atoms with E-state index in [0.29, 0.717) is 45.6 Å². The molecule has 1 aliphatic rings. The number of rotatable bonds is 3. The highest BCUT2D eigenvalue weighted by Crippen LogP contribution is 2.32. The van der Waals surface area contributed by atoms with Crippen molar-refractivity contribution in [2.24, 2.45) is 0 Å². The van der Waals surface area contributed by atoms with Crippen LogP contribution in [-0.4, -0.2) is 38.8 Å². The molecule has 1 aliphatic heterocycles. The van der Waals surface area contributed by atoms with Crippen molar-refractivity contribution < 1.29 is 22.7 Å². The smallest absolute Gasteiger partial charge is 0.257 e. The minimum atomic E-state index is -3.29. The van der Waals surface area contributed by atoms with E-state index >= 15 is 0 Å². The molecule has 3 aromatic rings. The third kappa shape index (κ3) is 3.23. The summed E-state index contributed by atoms with van der Waals surface area (Å²) in [6, 6.07) is 9.66. The monoisotopic (exact) mass is 390 g/mol. The number of thiazole rings is 1. The van der Waals surface area contributed by atoms with Crippen LogP contribution in [0.3, 0.4) is 0 Å². The van der Waals surface area contributed by atoms with Gasteiger partial charge in [-0.1, -0.05) is 11.3 Å². The minimum Gasteiger partial charge on any atom is -0.486 e. The highest BCUT2D eigenvalue weighted by molar-refractivity contribution is 7.90. The second-order valence-corrected chi connectivity index (χ2v) is 8.78. The maximum Gasteiger partial charge on any atom is 0.257 e. The van der Waals surface area contributed by atoms with Crippen molar-refractivity contribution in [3.8, 4) is 11.5 Å². The zero-order chi connectivity index (χ0) is 18.3. The van der Waals surface area contributed by atoms with Crippen LogP contribution in [0.5, 0.6) is 11.5 Å². The lowest BCUT2D eigenvalue weighted by atomic mass is 10.2. The summed E-state index contributed by atoms with van der Waals surface area (Å²) in [6.07, 6.45) is 1.15. The number of nitrogens with zero attached hydrogens (tertiary/aromatic N) is 1. The van der Waals surface area contributed by atoms with Gasteiger partial charge >= 0.3 is 0 Å². The van der Waals surface area contributed by atoms with Crippen LogP contribution in [0.1, 0.15) is 10.4 Å². The molecule has 0 unspecified atom stereocenters. The third-order valence-electron chi connectivity index (χ3n) is 3.81. The Morgan fingerprint density at radius 3 is 2.65 bits per heavy atom. The molecule has 1 amide bonds. The lowest BCUT2D eigenvalue weighted by Gasteiger charge is -2.18. The number of fused-ring (bicyclic) bond motifs is 2. The molecule has 0 radical (unpaired) electrons. The molecule has 0 fully saturated rings. The highest BCUT2D eigenvalue weighted by atomic mass is 32.2. The average molecular weight is 390 g/mol. The Balaban J connectivity index is 1.59. The molecular weight excluding hydrogens is 376 g/mol. The topological polar surface area (TPSA) is 94.6 Å². The van der Waals surface area contributed by atoms with Crippen molar-refractivity contribution in [2.45, 2.75) is 4.90 Å². The molecule has 0 spiro atoms. The Bertz CT molecular complexity index is 1120. The summed E-state index contributed by atoms with van der Waals surface area (Å²) in [5, 5.41) is 3.13. The Labute approximate surface area is 153 Å². The van der Waals surface area contributed by atoms with Gasteiger partial charge in [0.05, 0.1) is 15.1 Å². The van der Waals surface area contributed by atoms with Crippen LogP contribution in [0.15, 0.2) is 41.3 Å². The molecule has 0 bridgehead atoms. The van der Waals surface area contributed by atoms with Gasteiger partial charge in [-0.2, -0.15) is 0 Å². The number of carbonyl (C=O) groups is 1. The summed E-state index contributed by atoms with van der Waals surface area (Å²) in [4.78, 5) is 17.0. The van der Waals surface area contributed by atoms with Crippen molar-refractivity contribution in [1.82, 2.24) is 4.98 Å². The number of carbonyl (C=O) groups excluding carboxylic acids is 1. The van der Waals surface area contributed by atoms with Crippen LogP contribution in [0.25, 0.3) is 10.2 Å². The van der Waals surface area contributed by atoms with Crippen LogP contribution in [0.4, 0.5) is 5.13 Å². The van der Waals surface area contributed by atoms with E-state index in [4.69, 9.17) is 9.47 Å². The largest absolute Gasteiger partial charge is 0.486 e. The van der Waals surface area contributed by atoms with Gasteiger partial charge < -0.3 is 9.47 Å². The first-order valence-corrected chi connectivity index (χ1v) is 10.4. The van der Waals surface area contributed by atoms with Crippen LogP contribution in [-0.2, 0) is 9.84 Å². The lowest BCUT2D eigenvalue weighted by molar-refractivity contribution is 0.102. The van der Waals surface area contributed by atoms with Crippen LogP contribution >= 0.6 is 11.3 Å². The number of hydrogen-bond donors (Lipinski definition) is 1. The molecule has 0 atom stereocenters. The fourth-order valence-electron chi connectivity index (χ4n) is 2.54. The van der Waals surface area contributed by atoms with Crippen LogP contribution in [0.2, 0.25) is 0 Å². The van der Waals surface area contributed by atoms with Gasteiger partial charge in [0, 0.05) is 11.8 Å². The molecule has 1 aromatic heterocycles. The Hall–Kier alpha value is -2.65. The van der Waals surface area contributed by atoms with E-state index < -0.39 is 9.84 Å². The molecule has 26 heavy (non-hydrogen) atoms. The first-order valence-electron chi connectivity index (χ1n) is 7.72. The highest BCUT2D eigenvalue weighted by Gasteiger charge is 2.17. The zero-order valence-corrected chi connectivity index (χ0v) is 15.3. The Morgan fingerprint density at radius 2 is 1.88 bits per heavy atom. The van der Waals surface area contributed by atoms with Crippen molar-refractivity contribution in [1.29, 1.82) is 0 Å². The second kappa shape index (κ2) is 6.26. The molecule has 0 aliphatic carbocycles. The quantitative estimate of drug-likeness (QED) is 0.739. The number of aromatic nitrogens is 1. The molecular formula is C17H14N2O5S2. The summed E-state index contributed by atoms with van der Waals surface area (Å²) in [5.41, 5.74) is 1.05. The van der Waals surface area contributed by atoms with Gasteiger partial charge in [-0.3, -0.25) is 10.1 Å². The van der Waals surface area contributed by atoms with Gasteiger partial charge in [0.2, 0.25) is 0 Å². The molecule has 2 heterocycles. The molecule has 1 N–H and O–H groups in total. The minimum absolute atomic E-state index is 0.221. The van der Waals surface area contributed by atoms with Crippen molar-refractivity contribution >= 4 is 42.4 Å². The number of sulfone groups is 1. The maximum atomic E-state index is 12.5. The van der Waals surface area contributed by atoms with Gasteiger partial charge in [-0.15, -0.1) is 0 Å². The standard InChI is InChI=1S/C17H14N2O5S2/c1-26(21,22)11-3-4-12-15(9-11)25-17(18-12)19-16(20)10-2-5-13-14(8-10)24-7-6-23-13/h2-5,8-9H,6-7H2,1H3,(H,18,19,20). The van der Waals surface area contributed by atoms with Crippen molar-refractivity contribution in [3.63, 3.8) is 0 Å². The summed E-state index contributed by atoms with van der Waals surface area (Å²) in [7, 11) is -3.29. The average Bonchev–Trinajstić information content (AvgIpc) is 3.01. The van der Waals surface area contributed by atoms with E-state index in [9.17, 15) is 13.2 Å². The van der Waals surface area contributed by atoms with E-state index in [1.165, 1.54) is 17.4 Å². The molecule has 0 saturated carbocycles. The number of anilines is 1. The van der Waals surface area contributed by atoms with Gasteiger partial charge in [-0.05, 0) is 36.4 Å². The van der Waals surface area contributed by atoms with Gasteiger partial charge in [-0.25, -0.2) is 13.4 Å². The molecule has 2 aromatic carbocycles. The van der Waals surface area contributed by atoms with Gasteiger partial charge in [0.25, 0.3) is 5.91 Å². The number of hydrogen-bond acceptors (Lipinski definition) is 7. The molecule has 9 heteroatoms. The van der Waals surface area contributed by atoms with Gasteiger partial charge in [0.15, 0.2) is 26.5 Å². The molecule has 4 rings (SSSR count). The third-order valence-corrected chi connectivity index (χ3v) is 5.86. The van der Waals surface area contributed by atoms with E-state index in [2.05, 4.69) is 10.3 Å². The summed E-state index contributed by atoms with van der Waals surface area (Å²) in [6.45, 7) is 0.929. The predicted molar refractivity (Wildman–Crippen MR) is 98.1 cm³/mol. The summed E-state index contributed by atoms with van der Waals surface area (Å²) in [5.74, 6) is 0.816. The van der Waals surface area contributed by atoms with Crippen LogP contribution in [0, 0.1) is 0 Å². The van der Waals surface area contributed by atoms with E-state index in [-0.39, 0.29) is 10.8 Å². The molecule has 134 valence electrons.